The van der Waals surface area contributed by atoms with Crippen molar-refractivity contribution in [2.24, 2.45) is 11.3 Å². The lowest BCUT2D eigenvalue weighted by Crippen LogP contribution is -2.49. The van der Waals surface area contributed by atoms with Gasteiger partial charge in [-0.1, -0.05) is 43.3 Å². The zero-order valence-corrected chi connectivity index (χ0v) is 14.8. The lowest BCUT2D eigenvalue weighted by atomic mass is 9.63. The zero-order valence-electron chi connectivity index (χ0n) is 14.8. The highest BCUT2D eigenvalue weighted by molar-refractivity contribution is 5.84. The van der Waals surface area contributed by atoms with E-state index in [4.69, 9.17) is 9.47 Å². The molecule has 1 heterocycles. The molecule has 4 unspecified atom stereocenters. The Balaban J connectivity index is 1.81. The van der Waals surface area contributed by atoms with E-state index >= 15 is 0 Å². The topological polar surface area (TPSA) is 55.8 Å². The van der Waals surface area contributed by atoms with Crippen LogP contribution >= 0.6 is 0 Å². The monoisotopic (exact) mass is 343 g/mol. The molecule has 0 radical (unpaired) electrons. The number of esters is 1. The van der Waals surface area contributed by atoms with Crippen LogP contribution in [-0.2, 0) is 20.9 Å². The number of fused-ring (bicyclic) bond motifs is 1. The van der Waals surface area contributed by atoms with Crippen molar-refractivity contribution in [2.45, 2.75) is 44.9 Å². The summed E-state index contributed by atoms with van der Waals surface area (Å²) in [5.41, 5.74) is 0.562. The summed E-state index contributed by atoms with van der Waals surface area (Å²) in [5.74, 6) is -0.103. The van der Waals surface area contributed by atoms with Crippen molar-refractivity contribution in [1.29, 1.82) is 0 Å². The van der Waals surface area contributed by atoms with Crippen molar-refractivity contribution in [3.63, 3.8) is 0 Å². The Kier molecular flexibility index (Phi) is 4.84. The van der Waals surface area contributed by atoms with Crippen LogP contribution in [0.3, 0.4) is 0 Å². The molecule has 5 heteroatoms. The van der Waals surface area contributed by atoms with E-state index < -0.39 is 12.1 Å². The molecule has 2 fully saturated rings. The Bertz CT molecular complexity index is 659. The molecule has 1 aromatic rings. The van der Waals surface area contributed by atoms with Crippen LogP contribution in [0.2, 0.25) is 0 Å². The van der Waals surface area contributed by atoms with Gasteiger partial charge in [0.1, 0.15) is 12.6 Å². The molecule has 1 amide bonds. The third-order valence-electron chi connectivity index (χ3n) is 5.77. The number of carbonyl (C=O) groups is 2. The maximum absolute atomic E-state index is 12.8. The van der Waals surface area contributed by atoms with Gasteiger partial charge in [-0.25, -0.2) is 9.59 Å². The molecule has 25 heavy (non-hydrogen) atoms. The summed E-state index contributed by atoms with van der Waals surface area (Å²) >= 11 is 0. The van der Waals surface area contributed by atoms with Crippen molar-refractivity contribution in [2.75, 3.05) is 7.11 Å². The van der Waals surface area contributed by atoms with Gasteiger partial charge in [-0.15, -0.1) is 6.58 Å². The summed E-state index contributed by atoms with van der Waals surface area (Å²) in [6, 6.07) is 8.94. The van der Waals surface area contributed by atoms with Crippen molar-refractivity contribution in [3.05, 3.63) is 48.6 Å². The number of hydrogen-bond donors (Lipinski definition) is 0. The number of carbonyl (C=O) groups excluding carboxylic acids is 2. The maximum Gasteiger partial charge on any atom is 0.411 e. The molecule has 1 aliphatic carbocycles. The summed E-state index contributed by atoms with van der Waals surface area (Å²) in [6.07, 6.45) is 3.94. The number of methoxy groups -OCH3 is 1. The SMILES string of the molecule is C=CCC1(C)C2CCC2N(C(=O)OCc2ccccc2)C1C(=O)OC. The van der Waals surface area contributed by atoms with E-state index in [0.717, 1.165) is 18.4 Å². The van der Waals surface area contributed by atoms with Crippen LogP contribution in [0.5, 0.6) is 0 Å². The fraction of sp³-hybridized carbons (Fsp3) is 0.500. The van der Waals surface area contributed by atoms with E-state index in [0.29, 0.717) is 6.42 Å². The van der Waals surface area contributed by atoms with Gasteiger partial charge in [-0.05, 0) is 30.7 Å². The van der Waals surface area contributed by atoms with E-state index in [1.165, 1.54) is 7.11 Å². The van der Waals surface area contributed by atoms with E-state index in [2.05, 4.69) is 13.5 Å². The molecule has 3 rings (SSSR count). The highest BCUT2D eigenvalue weighted by Crippen LogP contribution is 2.57. The molecule has 4 atom stereocenters. The van der Waals surface area contributed by atoms with Gasteiger partial charge in [0.25, 0.3) is 0 Å². The van der Waals surface area contributed by atoms with Crippen LogP contribution in [0.1, 0.15) is 31.7 Å². The van der Waals surface area contributed by atoms with E-state index in [9.17, 15) is 9.59 Å². The Morgan fingerprint density at radius 3 is 2.60 bits per heavy atom. The van der Waals surface area contributed by atoms with Gasteiger partial charge in [0, 0.05) is 11.5 Å². The lowest BCUT2D eigenvalue weighted by molar-refractivity contribution is -0.149. The van der Waals surface area contributed by atoms with Gasteiger partial charge in [0.05, 0.1) is 7.11 Å². The molecule has 0 aromatic heterocycles. The second-order valence-corrected chi connectivity index (χ2v) is 7.12. The molecule has 1 saturated carbocycles. The summed E-state index contributed by atoms with van der Waals surface area (Å²) in [5, 5.41) is 0. The largest absolute Gasteiger partial charge is 0.467 e. The molecule has 2 aliphatic rings. The van der Waals surface area contributed by atoms with E-state index in [-0.39, 0.29) is 30.0 Å². The van der Waals surface area contributed by atoms with Crippen molar-refractivity contribution in [1.82, 2.24) is 4.90 Å². The van der Waals surface area contributed by atoms with Crippen LogP contribution in [-0.4, -0.2) is 36.2 Å². The first-order chi connectivity index (χ1) is 12.0. The fourth-order valence-corrected chi connectivity index (χ4v) is 4.40. The molecule has 0 N–H and O–H groups in total. The minimum absolute atomic E-state index is 0.0392. The number of ether oxygens (including phenoxy) is 2. The van der Waals surface area contributed by atoms with E-state index in [1.54, 1.807) is 4.90 Å². The molecule has 0 spiro atoms. The summed E-state index contributed by atoms with van der Waals surface area (Å²) in [4.78, 5) is 26.9. The number of benzene rings is 1. The predicted octanol–water partition coefficient (Wildman–Crippen LogP) is 3.54. The minimum Gasteiger partial charge on any atom is -0.467 e. The first-order valence-electron chi connectivity index (χ1n) is 8.70. The summed E-state index contributed by atoms with van der Waals surface area (Å²) < 4.78 is 10.5. The molecule has 134 valence electrons. The van der Waals surface area contributed by atoms with Gasteiger partial charge >= 0.3 is 12.1 Å². The van der Waals surface area contributed by atoms with Crippen molar-refractivity contribution < 1.29 is 19.1 Å². The molecular weight excluding hydrogens is 318 g/mol. The molecule has 1 aromatic carbocycles. The van der Waals surface area contributed by atoms with Crippen molar-refractivity contribution in [3.8, 4) is 0 Å². The first-order valence-corrected chi connectivity index (χ1v) is 8.70. The number of allylic oxidation sites excluding steroid dienone is 1. The second-order valence-electron chi connectivity index (χ2n) is 7.12. The third-order valence-corrected chi connectivity index (χ3v) is 5.77. The quantitative estimate of drug-likeness (QED) is 0.606. The van der Waals surface area contributed by atoms with Crippen LogP contribution in [0.25, 0.3) is 0 Å². The highest BCUT2D eigenvalue weighted by Gasteiger charge is 2.64. The average molecular weight is 343 g/mol. The lowest BCUT2D eigenvalue weighted by Gasteiger charge is -2.40. The Hall–Kier alpha value is -2.30. The number of likely N-dealkylation sites (tertiary alicyclic amines) is 1. The Labute approximate surface area is 148 Å². The highest BCUT2D eigenvalue weighted by atomic mass is 16.6. The van der Waals surface area contributed by atoms with Gasteiger partial charge in [0.15, 0.2) is 0 Å². The fourth-order valence-electron chi connectivity index (χ4n) is 4.40. The minimum atomic E-state index is -0.628. The van der Waals surface area contributed by atoms with Gasteiger partial charge < -0.3 is 9.47 Å². The standard InChI is InChI=1S/C20H25NO4/c1-4-12-20(2)15-10-11-16(15)21(17(20)18(22)24-3)19(23)25-13-14-8-6-5-7-9-14/h4-9,15-17H,1,10-13H2,2-3H3. The first kappa shape index (κ1) is 17.5. The van der Waals surface area contributed by atoms with Crippen LogP contribution < -0.4 is 0 Å². The van der Waals surface area contributed by atoms with Crippen molar-refractivity contribution >= 4 is 12.1 Å². The molecule has 1 saturated heterocycles. The molecular formula is C20H25NO4. The average Bonchev–Trinajstić information content (AvgIpc) is 2.75. The van der Waals surface area contributed by atoms with Gasteiger partial charge in [0.2, 0.25) is 0 Å². The Morgan fingerprint density at radius 2 is 2.04 bits per heavy atom. The number of rotatable bonds is 5. The van der Waals surface area contributed by atoms with Crippen LogP contribution in [0.4, 0.5) is 4.79 Å². The van der Waals surface area contributed by atoms with Gasteiger partial charge in [-0.2, -0.15) is 0 Å². The summed E-state index contributed by atoms with van der Waals surface area (Å²) in [6.45, 7) is 6.08. The second kappa shape index (κ2) is 6.90. The van der Waals surface area contributed by atoms with E-state index in [1.807, 2.05) is 36.4 Å². The normalized spacial score (nSPS) is 30.2. The Morgan fingerprint density at radius 1 is 1.32 bits per heavy atom. The zero-order chi connectivity index (χ0) is 18.0. The van der Waals surface area contributed by atoms with Crippen LogP contribution in [0, 0.1) is 11.3 Å². The summed E-state index contributed by atoms with van der Waals surface area (Å²) in [7, 11) is 1.37. The van der Waals surface area contributed by atoms with Gasteiger partial charge in [-0.3, -0.25) is 4.90 Å². The maximum atomic E-state index is 12.8. The smallest absolute Gasteiger partial charge is 0.411 e. The number of amides is 1. The third kappa shape index (κ3) is 2.92. The predicted molar refractivity (Wildman–Crippen MR) is 93.7 cm³/mol. The van der Waals surface area contributed by atoms with Crippen LogP contribution in [0.15, 0.2) is 43.0 Å². The molecule has 1 aliphatic heterocycles. The molecule has 0 bridgehead atoms. The number of hydrogen-bond acceptors (Lipinski definition) is 4. The molecule has 5 nitrogen and oxygen atoms in total. The number of nitrogens with zero attached hydrogens (tertiary/aromatic N) is 1.